The number of amides is 2. The number of ether oxygens (including phenoxy) is 1. The van der Waals surface area contributed by atoms with Crippen LogP contribution in [0.25, 0.3) is 11.3 Å². The van der Waals surface area contributed by atoms with E-state index in [0.717, 1.165) is 66.7 Å². The van der Waals surface area contributed by atoms with Crippen molar-refractivity contribution in [1.29, 1.82) is 0 Å². The summed E-state index contributed by atoms with van der Waals surface area (Å²) >= 11 is 0. The number of urea groups is 1. The van der Waals surface area contributed by atoms with Gasteiger partial charge in [0, 0.05) is 48.2 Å². The molecule has 2 aromatic heterocycles. The monoisotopic (exact) mass is 563 g/mol. The molecule has 9 nitrogen and oxygen atoms in total. The van der Waals surface area contributed by atoms with Crippen molar-refractivity contribution in [2.75, 3.05) is 30.6 Å². The van der Waals surface area contributed by atoms with Gasteiger partial charge in [-0.1, -0.05) is 25.0 Å². The number of carbonyl (C=O) groups excluding carboxylic acids is 1. The highest BCUT2D eigenvalue weighted by molar-refractivity contribution is 8.14. The Balaban J connectivity index is 1.25. The van der Waals surface area contributed by atoms with E-state index in [9.17, 15) is 13.6 Å². The molecule has 0 radical (unpaired) electrons. The standard InChI is InChI=1S/C30H37N5O4S/c1-4-40(3,37,38)22-11-7-20(8-12-22)16-33-29(36)35-19-30(13-5-6-14-30)24-15-25(31-18-26(24)35)23-17-32-28(39-2)34-27(23)21-9-10-21/h7-8,11-12,15,17-18,21H,4-6,9-10,13-14,16,19H2,1-3H3,(H,33,36)(H,37,38). The number of carbonyl (C=O) groups is 1. The molecule has 2 aliphatic carbocycles. The number of hydrogen-bond acceptors (Lipinski definition) is 6. The normalized spacial score (nSPS) is 18.8. The predicted molar refractivity (Wildman–Crippen MR) is 155 cm³/mol. The third-order valence-electron chi connectivity index (χ3n) is 8.88. The Hall–Kier alpha value is -3.37. The highest BCUT2D eigenvalue weighted by Gasteiger charge is 2.47. The van der Waals surface area contributed by atoms with E-state index in [1.165, 1.54) is 11.8 Å². The number of benzene rings is 1. The summed E-state index contributed by atoms with van der Waals surface area (Å²) in [6.45, 7) is 2.67. The minimum atomic E-state index is -3.82. The molecule has 3 aliphatic rings. The molecule has 1 spiro atoms. The van der Waals surface area contributed by atoms with Crippen LogP contribution in [-0.2, 0) is 21.3 Å². The molecule has 6 rings (SSSR count). The second kappa shape index (κ2) is 9.62. The second-order valence-electron chi connectivity index (χ2n) is 11.7. The molecule has 0 bridgehead atoms. The summed E-state index contributed by atoms with van der Waals surface area (Å²) in [5.74, 6) is 0.569. The molecule has 0 unspecified atom stereocenters. The van der Waals surface area contributed by atoms with Crippen molar-refractivity contribution in [3.8, 4) is 17.3 Å². The zero-order chi connectivity index (χ0) is 28.1. The topological polar surface area (TPSA) is 118 Å². The van der Waals surface area contributed by atoms with E-state index in [4.69, 9.17) is 9.72 Å². The molecular formula is C30H37N5O4S. The molecule has 2 amide bonds. The van der Waals surface area contributed by atoms with Gasteiger partial charge >= 0.3 is 12.0 Å². The smallest absolute Gasteiger partial charge is 0.322 e. The molecule has 40 heavy (non-hydrogen) atoms. The molecule has 212 valence electrons. The van der Waals surface area contributed by atoms with Crippen LogP contribution in [0.1, 0.15) is 68.2 Å². The Morgan fingerprint density at radius 2 is 1.90 bits per heavy atom. The maximum atomic E-state index is 13.5. The molecule has 2 fully saturated rings. The van der Waals surface area contributed by atoms with Crippen molar-refractivity contribution >= 4 is 21.1 Å². The highest BCUT2D eigenvalue weighted by Crippen LogP contribution is 2.51. The van der Waals surface area contributed by atoms with Crippen molar-refractivity contribution in [2.45, 2.75) is 68.2 Å². The number of fused-ring (bicyclic) bond motifs is 2. The largest absolute Gasteiger partial charge is 0.467 e. The number of rotatable bonds is 7. The maximum absolute atomic E-state index is 13.5. The molecule has 3 heterocycles. The molecule has 3 aromatic rings. The van der Waals surface area contributed by atoms with Gasteiger partial charge in [0.1, 0.15) is 0 Å². The zero-order valence-electron chi connectivity index (χ0n) is 23.4. The maximum Gasteiger partial charge on any atom is 0.322 e. The summed E-state index contributed by atoms with van der Waals surface area (Å²) in [6, 6.07) is 9.34. The van der Waals surface area contributed by atoms with Crippen molar-refractivity contribution in [2.24, 2.45) is 0 Å². The van der Waals surface area contributed by atoms with E-state index < -0.39 is 9.35 Å². The molecule has 2 N–H and O–H groups in total. The van der Waals surface area contributed by atoms with Crippen LogP contribution in [0.4, 0.5) is 10.5 Å². The molecule has 1 aliphatic heterocycles. The summed E-state index contributed by atoms with van der Waals surface area (Å²) in [5.41, 5.74) is 5.61. The highest BCUT2D eigenvalue weighted by atomic mass is 32.3. The third kappa shape index (κ3) is 4.77. The summed E-state index contributed by atoms with van der Waals surface area (Å²) in [6.07, 6.45) is 11.6. The first-order valence-corrected chi connectivity index (χ1v) is 16.5. The van der Waals surface area contributed by atoms with Crippen LogP contribution in [-0.4, -0.2) is 55.4 Å². The van der Waals surface area contributed by atoms with Crippen molar-refractivity contribution in [3.63, 3.8) is 0 Å². The van der Waals surface area contributed by atoms with E-state index in [1.807, 2.05) is 17.3 Å². The number of aromatic nitrogens is 3. The first-order valence-electron chi connectivity index (χ1n) is 14.0. The van der Waals surface area contributed by atoms with Crippen molar-refractivity contribution in [1.82, 2.24) is 20.3 Å². The first-order chi connectivity index (χ1) is 19.1. The molecule has 10 heteroatoms. The van der Waals surface area contributed by atoms with Gasteiger partial charge in [-0.05, 0) is 61.9 Å². The minimum Gasteiger partial charge on any atom is -0.467 e. The third-order valence-corrected chi connectivity index (χ3v) is 11.7. The van der Waals surface area contributed by atoms with Crippen LogP contribution in [0, 0.1) is 0 Å². The van der Waals surface area contributed by atoms with Crippen molar-refractivity contribution in [3.05, 3.63) is 59.5 Å². The average Bonchev–Trinajstić information content (AvgIpc) is 3.63. The fraction of sp³-hybridized carbons (Fsp3) is 0.467. The molecule has 0 atom stereocenters. The van der Waals surface area contributed by atoms with Crippen LogP contribution >= 0.6 is 0 Å². The first kappa shape index (κ1) is 26.8. The van der Waals surface area contributed by atoms with Crippen molar-refractivity contribution < 1.29 is 18.3 Å². The van der Waals surface area contributed by atoms with Crippen LogP contribution in [0.3, 0.4) is 0 Å². The zero-order valence-corrected chi connectivity index (χ0v) is 24.2. The lowest BCUT2D eigenvalue weighted by atomic mass is 9.80. The van der Waals surface area contributed by atoms with Crippen LogP contribution in [0.5, 0.6) is 6.01 Å². The molecule has 1 aromatic carbocycles. The molecule has 0 saturated heterocycles. The summed E-state index contributed by atoms with van der Waals surface area (Å²) in [5, 5.41) is 3.05. The van der Waals surface area contributed by atoms with E-state index in [-0.39, 0.29) is 17.2 Å². The number of methoxy groups -OCH3 is 1. The number of pyridine rings is 1. The average molecular weight is 564 g/mol. The van der Waals surface area contributed by atoms with Gasteiger partial charge in [0.25, 0.3) is 0 Å². The van der Waals surface area contributed by atoms with Gasteiger partial charge in [-0.25, -0.2) is 14.0 Å². The lowest BCUT2D eigenvalue weighted by Gasteiger charge is -2.37. The Morgan fingerprint density at radius 1 is 1.18 bits per heavy atom. The van der Waals surface area contributed by atoms with Gasteiger partial charge in [0.05, 0.1) is 35.3 Å². The molecule has 2 saturated carbocycles. The van der Waals surface area contributed by atoms with Crippen LogP contribution in [0.2, 0.25) is 0 Å². The number of anilines is 1. The van der Waals surface area contributed by atoms with Crippen LogP contribution < -0.4 is 15.0 Å². The Labute approximate surface area is 235 Å². The number of nitrogens with one attached hydrogen (secondary N) is 1. The van der Waals surface area contributed by atoms with Gasteiger partial charge in [-0.2, -0.15) is 14.3 Å². The van der Waals surface area contributed by atoms with E-state index in [0.29, 0.717) is 29.9 Å². The predicted octanol–water partition coefficient (Wildman–Crippen LogP) is 5.27. The van der Waals surface area contributed by atoms with Gasteiger partial charge < -0.3 is 10.1 Å². The quantitative estimate of drug-likeness (QED) is 0.402. The summed E-state index contributed by atoms with van der Waals surface area (Å²) < 4.78 is 28.6. The number of nitrogens with zero attached hydrogens (tertiary/aromatic N) is 4. The second-order valence-corrected chi connectivity index (χ2v) is 15.7. The van der Waals surface area contributed by atoms with E-state index in [2.05, 4.69) is 21.4 Å². The summed E-state index contributed by atoms with van der Waals surface area (Å²) in [4.78, 5) is 29.6. The van der Waals surface area contributed by atoms with Gasteiger partial charge in [-0.3, -0.25) is 14.4 Å². The Kier molecular flexibility index (Phi) is 6.46. The summed E-state index contributed by atoms with van der Waals surface area (Å²) in [7, 11) is -2.24. The van der Waals surface area contributed by atoms with Gasteiger partial charge in [0.2, 0.25) is 0 Å². The lowest BCUT2D eigenvalue weighted by molar-refractivity contribution is 0.245. The Bertz CT molecular complexity index is 1520. The van der Waals surface area contributed by atoms with Gasteiger partial charge in [-0.15, -0.1) is 0 Å². The van der Waals surface area contributed by atoms with Gasteiger partial charge in [0.15, 0.2) is 0 Å². The van der Waals surface area contributed by atoms with Crippen LogP contribution in [0.15, 0.2) is 47.6 Å². The van der Waals surface area contributed by atoms with E-state index >= 15 is 0 Å². The minimum absolute atomic E-state index is 0.0725. The van der Waals surface area contributed by atoms with E-state index in [1.54, 1.807) is 38.3 Å². The fourth-order valence-electron chi connectivity index (χ4n) is 6.11. The fourth-order valence-corrected chi connectivity index (χ4v) is 7.27. The SMILES string of the molecule is CCS(C)(=O)(O)c1ccc(CNC(=O)N2CC3(CCCC3)c3cc(-c4cnc(OC)nc4C4CC4)ncc32)cc1. The lowest BCUT2D eigenvalue weighted by Crippen LogP contribution is -2.41. The number of hydrogen-bond donors (Lipinski definition) is 2. The Morgan fingerprint density at radius 3 is 2.55 bits per heavy atom. The molecular weight excluding hydrogens is 526 g/mol.